The number of urea groups is 1. The van der Waals surface area contributed by atoms with Crippen LogP contribution in [-0.2, 0) is 26.6 Å². The van der Waals surface area contributed by atoms with E-state index >= 15 is 0 Å². The van der Waals surface area contributed by atoms with Crippen LogP contribution in [-0.4, -0.2) is 71.3 Å². The second-order valence-electron chi connectivity index (χ2n) is 7.92. The molecule has 3 amide bonds. The molecular weight excluding hydrogens is 382 g/mol. The minimum Gasteiger partial charge on any atom is -0.347 e. The Morgan fingerprint density at radius 3 is 2.57 bits per heavy atom. The Morgan fingerprint density at radius 1 is 1.10 bits per heavy atom. The Morgan fingerprint density at radius 2 is 1.83 bits per heavy atom. The van der Waals surface area contributed by atoms with Crippen LogP contribution in [0.3, 0.4) is 0 Å². The lowest BCUT2D eigenvalue weighted by Gasteiger charge is -2.32. The van der Waals surface area contributed by atoms with Crippen molar-refractivity contribution in [2.45, 2.75) is 19.5 Å². The third-order valence-corrected chi connectivity index (χ3v) is 5.78. The lowest BCUT2D eigenvalue weighted by atomic mass is 10.1. The molecule has 0 aliphatic carbocycles. The van der Waals surface area contributed by atoms with Crippen LogP contribution in [0.4, 0.5) is 10.5 Å². The molecule has 1 aromatic heterocycles. The summed E-state index contributed by atoms with van der Waals surface area (Å²) in [5, 5.41) is 13.6. The average Bonchev–Trinajstić information content (AvgIpc) is 3.10. The lowest BCUT2D eigenvalue weighted by molar-refractivity contribution is 0.0944. The van der Waals surface area contributed by atoms with Crippen molar-refractivity contribution in [2.75, 3.05) is 45.1 Å². The fraction of sp³-hybridized carbons (Fsp3) is 0.476. The van der Waals surface area contributed by atoms with Crippen molar-refractivity contribution in [1.29, 1.82) is 0 Å². The number of nitrogens with one attached hydrogen (secondary N) is 3. The van der Waals surface area contributed by atoms with E-state index in [4.69, 9.17) is 0 Å². The second kappa shape index (κ2) is 8.85. The quantitative estimate of drug-likeness (QED) is 0.691. The highest BCUT2D eigenvalue weighted by molar-refractivity contribution is 5.94. The molecule has 1 saturated heterocycles. The Balaban J connectivity index is 1.31. The maximum Gasteiger partial charge on any atom is 0.321 e. The maximum absolute atomic E-state index is 12.6. The molecule has 2 aliphatic rings. The molecule has 2 aromatic rings. The standard InChI is InChI=1S/C21H29N7O2/c1-26-9-11-28(12-10-26)21(30)24-16-5-3-15(4-6-16)13-23-20(29)19-17-14-22-8-7-18(17)27(2)25-19/h3-6,22H,7-14H2,1-2H3,(H,23,29)(H,24,30). The molecule has 1 aromatic carbocycles. The summed E-state index contributed by atoms with van der Waals surface area (Å²) in [6, 6.07) is 7.48. The van der Waals surface area contributed by atoms with Crippen molar-refractivity contribution in [1.82, 2.24) is 30.2 Å². The lowest BCUT2D eigenvalue weighted by Crippen LogP contribution is -2.48. The molecule has 3 N–H and O–H groups in total. The Kier molecular flexibility index (Phi) is 6.01. The Labute approximate surface area is 176 Å². The number of piperazine rings is 1. The molecule has 4 rings (SSSR count). The maximum atomic E-state index is 12.6. The first-order chi connectivity index (χ1) is 14.5. The average molecular weight is 412 g/mol. The summed E-state index contributed by atoms with van der Waals surface area (Å²) >= 11 is 0. The van der Waals surface area contributed by atoms with Gasteiger partial charge in [0.2, 0.25) is 0 Å². The number of hydrogen-bond acceptors (Lipinski definition) is 5. The van der Waals surface area contributed by atoms with Crippen LogP contribution in [0.1, 0.15) is 27.3 Å². The van der Waals surface area contributed by atoms with Gasteiger partial charge in [-0.3, -0.25) is 9.48 Å². The van der Waals surface area contributed by atoms with Crippen LogP contribution in [0.2, 0.25) is 0 Å². The number of fused-ring (bicyclic) bond motifs is 1. The van der Waals surface area contributed by atoms with E-state index in [1.807, 2.05) is 40.9 Å². The van der Waals surface area contributed by atoms with Gasteiger partial charge in [-0.1, -0.05) is 12.1 Å². The summed E-state index contributed by atoms with van der Waals surface area (Å²) in [6.07, 6.45) is 0.882. The second-order valence-corrected chi connectivity index (χ2v) is 7.92. The van der Waals surface area contributed by atoms with Gasteiger partial charge in [0.15, 0.2) is 5.69 Å². The van der Waals surface area contributed by atoms with Crippen molar-refractivity contribution in [2.24, 2.45) is 7.05 Å². The van der Waals surface area contributed by atoms with Crippen molar-refractivity contribution < 1.29 is 9.59 Å². The van der Waals surface area contributed by atoms with E-state index in [1.54, 1.807) is 0 Å². The number of aromatic nitrogens is 2. The van der Waals surface area contributed by atoms with Gasteiger partial charge in [-0.2, -0.15) is 5.10 Å². The molecule has 0 bridgehead atoms. The first-order valence-corrected chi connectivity index (χ1v) is 10.4. The third-order valence-electron chi connectivity index (χ3n) is 5.78. The molecule has 2 aliphatic heterocycles. The number of aryl methyl sites for hydroxylation is 1. The number of amides is 3. The molecule has 3 heterocycles. The molecule has 30 heavy (non-hydrogen) atoms. The number of likely N-dealkylation sites (N-methyl/N-ethyl adjacent to an activating group) is 1. The largest absolute Gasteiger partial charge is 0.347 e. The molecule has 0 saturated carbocycles. The van der Waals surface area contributed by atoms with Gasteiger partial charge in [0, 0.05) is 76.2 Å². The van der Waals surface area contributed by atoms with Crippen LogP contribution in [0, 0.1) is 0 Å². The van der Waals surface area contributed by atoms with Crippen molar-refractivity contribution in [3.63, 3.8) is 0 Å². The van der Waals surface area contributed by atoms with E-state index in [0.29, 0.717) is 18.8 Å². The SMILES string of the molecule is CN1CCN(C(=O)Nc2ccc(CNC(=O)c3nn(C)c4c3CNCC4)cc2)CC1. The molecule has 160 valence electrons. The number of hydrogen-bond donors (Lipinski definition) is 3. The summed E-state index contributed by atoms with van der Waals surface area (Å²) < 4.78 is 1.81. The van der Waals surface area contributed by atoms with E-state index in [9.17, 15) is 9.59 Å². The Bertz CT molecular complexity index is 914. The molecular formula is C21H29N7O2. The highest BCUT2D eigenvalue weighted by Gasteiger charge is 2.23. The van der Waals surface area contributed by atoms with Crippen LogP contribution in [0.15, 0.2) is 24.3 Å². The van der Waals surface area contributed by atoms with Crippen LogP contribution < -0.4 is 16.0 Å². The van der Waals surface area contributed by atoms with Crippen LogP contribution >= 0.6 is 0 Å². The van der Waals surface area contributed by atoms with Gasteiger partial charge in [-0.25, -0.2) is 4.79 Å². The van der Waals surface area contributed by atoms with Crippen molar-refractivity contribution in [3.05, 3.63) is 46.8 Å². The molecule has 9 nitrogen and oxygen atoms in total. The van der Waals surface area contributed by atoms with Crippen LogP contribution in [0.5, 0.6) is 0 Å². The molecule has 0 atom stereocenters. The first kappa shape index (κ1) is 20.4. The fourth-order valence-electron chi connectivity index (χ4n) is 3.89. The minimum absolute atomic E-state index is 0.0716. The van der Waals surface area contributed by atoms with Gasteiger partial charge < -0.3 is 25.8 Å². The van der Waals surface area contributed by atoms with Gasteiger partial charge >= 0.3 is 6.03 Å². The number of anilines is 1. The van der Waals surface area contributed by atoms with Crippen molar-refractivity contribution >= 4 is 17.6 Å². The summed E-state index contributed by atoms with van der Waals surface area (Å²) in [7, 11) is 3.95. The Hall–Kier alpha value is -2.91. The molecule has 0 unspecified atom stereocenters. The predicted molar refractivity (Wildman–Crippen MR) is 114 cm³/mol. The van der Waals surface area contributed by atoms with E-state index in [2.05, 4.69) is 33.0 Å². The number of rotatable bonds is 4. The smallest absolute Gasteiger partial charge is 0.321 e. The number of carbonyl (C=O) groups is 2. The highest BCUT2D eigenvalue weighted by Crippen LogP contribution is 2.18. The zero-order chi connectivity index (χ0) is 21.1. The van der Waals surface area contributed by atoms with Gasteiger partial charge in [0.1, 0.15) is 0 Å². The predicted octanol–water partition coefficient (Wildman–Crippen LogP) is 0.775. The number of benzene rings is 1. The zero-order valence-corrected chi connectivity index (χ0v) is 17.6. The topological polar surface area (TPSA) is 94.5 Å². The van der Waals surface area contributed by atoms with E-state index in [0.717, 1.165) is 61.7 Å². The van der Waals surface area contributed by atoms with Gasteiger partial charge in [0.25, 0.3) is 5.91 Å². The molecule has 9 heteroatoms. The summed E-state index contributed by atoms with van der Waals surface area (Å²) in [5.74, 6) is -0.164. The van der Waals surface area contributed by atoms with E-state index in [1.165, 1.54) is 0 Å². The van der Waals surface area contributed by atoms with Gasteiger partial charge in [0.05, 0.1) is 0 Å². The molecule has 0 spiro atoms. The fourth-order valence-corrected chi connectivity index (χ4v) is 3.89. The van der Waals surface area contributed by atoms with Crippen LogP contribution in [0.25, 0.3) is 0 Å². The van der Waals surface area contributed by atoms with E-state index < -0.39 is 0 Å². The van der Waals surface area contributed by atoms with Crippen molar-refractivity contribution in [3.8, 4) is 0 Å². The molecule has 1 fully saturated rings. The zero-order valence-electron chi connectivity index (χ0n) is 17.6. The summed E-state index contributed by atoms with van der Waals surface area (Å²) in [6.45, 7) is 5.24. The summed E-state index contributed by atoms with van der Waals surface area (Å²) in [5.41, 5.74) is 4.32. The first-order valence-electron chi connectivity index (χ1n) is 10.4. The van der Waals surface area contributed by atoms with Gasteiger partial charge in [-0.05, 0) is 24.7 Å². The third kappa shape index (κ3) is 4.47. The highest BCUT2D eigenvalue weighted by atomic mass is 16.2. The molecule has 0 radical (unpaired) electrons. The minimum atomic E-state index is -0.164. The summed E-state index contributed by atoms with van der Waals surface area (Å²) in [4.78, 5) is 29.1. The van der Waals surface area contributed by atoms with Gasteiger partial charge in [-0.15, -0.1) is 0 Å². The van der Waals surface area contributed by atoms with E-state index in [-0.39, 0.29) is 11.9 Å². The monoisotopic (exact) mass is 411 g/mol. The normalized spacial score (nSPS) is 16.8. The number of nitrogens with zero attached hydrogens (tertiary/aromatic N) is 4. The number of carbonyl (C=O) groups excluding carboxylic acids is 2.